The first-order chi connectivity index (χ1) is 9.04. The molecule has 0 aromatic heterocycles. The number of piperazine rings is 1. The van der Waals surface area contributed by atoms with E-state index in [1.54, 1.807) is 0 Å². The zero-order valence-electron chi connectivity index (χ0n) is 12.0. The predicted molar refractivity (Wildman–Crippen MR) is 72.7 cm³/mol. The topological polar surface area (TPSA) is 64.1 Å². The summed E-state index contributed by atoms with van der Waals surface area (Å²) in [6.45, 7) is 3.05. The third-order valence-electron chi connectivity index (χ3n) is 3.24. The Morgan fingerprint density at radius 1 is 1.00 bits per heavy atom. The minimum atomic E-state index is 0.123. The summed E-state index contributed by atoms with van der Waals surface area (Å²) < 4.78 is 0. The summed E-state index contributed by atoms with van der Waals surface area (Å²) in [6.07, 6.45) is 1.90. The van der Waals surface area contributed by atoms with Crippen molar-refractivity contribution in [2.24, 2.45) is 0 Å². The smallest absolute Gasteiger partial charge is 0.236 e. The Bertz CT molecular complexity index is 300. The summed E-state index contributed by atoms with van der Waals surface area (Å²) in [6, 6.07) is 0. The van der Waals surface area contributed by atoms with Crippen molar-refractivity contribution in [3.05, 3.63) is 0 Å². The van der Waals surface area contributed by atoms with Gasteiger partial charge in [0.2, 0.25) is 11.8 Å². The molecule has 1 fully saturated rings. The number of aliphatic hydroxyl groups is 1. The van der Waals surface area contributed by atoms with Crippen molar-refractivity contribution in [3.63, 3.8) is 0 Å². The number of nitrogens with zero attached hydrogens (tertiary/aromatic N) is 3. The number of rotatable bonds is 6. The van der Waals surface area contributed by atoms with Crippen LogP contribution >= 0.6 is 0 Å². The van der Waals surface area contributed by atoms with Crippen LogP contribution in [-0.2, 0) is 9.59 Å². The normalized spacial score (nSPS) is 16.0. The van der Waals surface area contributed by atoms with E-state index in [0.717, 1.165) is 6.42 Å². The second-order valence-electron chi connectivity index (χ2n) is 5.18. The molecule has 1 aliphatic rings. The Kier molecular flexibility index (Phi) is 6.80. The lowest BCUT2D eigenvalue weighted by molar-refractivity contribution is -0.140. The molecule has 1 aliphatic heterocycles. The van der Waals surface area contributed by atoms with E-state index in [1.165, 1.54) is 0 Å². The van der Waals surface area contributed by atoms with Gasteiger partial charge < -0.3 is 19.8 Å². The number of amides is 2. The van der Waals surface area contributed by atoms with Crippen molar-refractivity contribution < 1.29 is 14.7 Å². The van der Waals surface area contributed by atoms with E-state index in [2.05, 4.69) is 0 Å². The van der Waals surface area contributed by atoms with Gasteiger partial charge in [-0.1, -0.05) is 0 Å². The van der Waals surface area contributed by atoms with E-state index in [-0.39, 0.29) is 18.4 Å². The molecular formula is C13H25N3O3. The van der Waals surface area contributed by atoms with Crippen molar-refractivity contribution in [3.8, 4) is 0 Å². The van der Waals surface area contributed by atoms with E-state index in [4.69, 9.17) is 5.11 Å². The average Bonchev–Trinajstić information content (AvgIpc) is 2.38. The molecule has 0 spiro atoms. The van der Waals surface area contributed by atoms with Gasteiger partial charge in [0.15, 0.2) is 0 Å². The van der Waals surface area contributed by atoms with Crippen LogP contribution in [0.5, 0.6) is 0 Å². The summed E-state index contributed by atoms with van der Waals surface area (Å²) in [5.41, 5.74) is 0. The maximum Gasteiger partial charge on any atom is 0.236 e. The van der Waals surface area contributed by atoms with E-state index in [9.17, 15) is 9.59 Å². The molecule has 0 radical (unpaired) electrons. The summed E-state index contributed by atoms with van der Waals surface area (Å²) in [5.74, 6) is 0.255. The molecule has 19 heavy (non-hydrogen) atoms. The second-order valence-corrected chi connectivity index (χ2v) is 5.18. The molecule has 1 rings (SSSR count). The van der Waals surface area contributed by atoms with E-state index in [0.29, 0.717) is 45.6 Å². The highest BCUT2D eigenvalue weighted by Crippen LogP contribution is 2.06. The Labute approximate surface area is 115 Å². The third kappa shape index (κ3) is 5.57. The monoisotopic (exact) mass is 271 g/mol. The molecule has 0 aliphatic carbocycles. The van der Waals surface area contributed by atoms with Crippen LogP contribution in [0, 0.1) is 0 Å². The first kappa shape index (κ1) is 15.9. The molecule has 0 aromatic rings. The lowest BCUT2D eigenvalue weighted by atomic mass is 10.2. The number of hydrogen-bond donors (Lipinski definition) is 1. The van der Waals surface area contributed by atoms with Crippen LogP contribution in [0.15, 0.2) is 0 Å². The van der Waals surface area contributed by atoms with Crippen molar-refractivity contribution >= 4 is 11.8 Å². The van der Waals surface area contributed by atoms with Crippen LogP contribution in [0.1, 0.15) is 19.3 Å². The molecule has 0 bridgehead atoms. The van der Waals surface area contributed by atoms with Gasteiger partial charge in [-0.05, 0) is 26.9 Å². The number of unbranched alkanes of at least 4 members (excludes halogenated alkanes) is 1. The van der Waals surface area contributed by atoms with Gasteiger partial charge in [0, 0.05) is 39.2 Å². The van der Waals surface area contributed by atoms with Crippen LogP contribution in [-0.4, -0.2) is 85.0 Å². The van der Waals surface area contributed by atoms with Gasteiger partial charge in [-0.3, -0.25) is 9.59 Å². The Balaban J connectivity index is 2.28. The lowest BCUT2D eigenvalue weighted by Crippen LogP contribution is -2.52. The fraction of sp³-hybridized carbons (Fsp3) is 0.846. The number of hydrogen-bond acceptors (Lipinski definition) is 4. The summed E-state index contributed by atoms with van der Waals surface area (Å²) in [4.78, 5) is 29.2. The predicted octanol–water partition coefficient (Wildman–Crippen LogP) is -0.619. The van der Waals surface area contributed by atoms with Crippen LogP contribution < -0.4 is 0 Å². The van der Waals surface area contributed by atoms with Gasteiger partial charge >= 0.3 is 0 Å². The van der Waals surface area contributed by atoms with Gasteiger partial charge in [0.05, 0.1) is 6.54 Å². The molecule has 0 atom stereocenters. The van der Waals surface area contributed by atoms with Crippen LogP contribution in [0.4, 0.5) is 0 Å². The molecule has 0 aromatic carbocycles. The van der Waals surface area contributed by atoms with Gasteiger partial charge in [-0.25, -0.2) is 0 Å². The molecule has 0 saturated carbocycles. The molecule has 110 valence electrons. The highest BCUT2D eigenvalue weighted by Gasteiger charge is 2.23. The van der Waals surface area contributed by atoms with Gasteiger partial charge in [0.25, 0.3) is 0 Å². The van der Waals surface area contributed by atoms with Crippen LogP contribution in [0.25, 0.3) is 0 Å². The van der Waals surface area contributed by atoms with Crippen LogP contribution in [0.3, 0.4) is 0 Å². The first-order valence-electron chi connectivity index (χ1n) is 6.85. The number of likely N-dealkylation sites (N-methyl/N-ethyl adjacent to an activating group) is 1. The zero-order valence-corrected chi connectivity index (χ0v) is 12.0. The molecule has 6 heteroatoms. The maximum atomic E-state index is 11.9. The summed E-state index contributed by atoms with van der Waals surface area (Å²) in [5, 5.41) is 8.68. The van der Waals surface area contributed by atoms with E-state index < -0.39 is 0 Å². The average molecular weight is 271 g/mol. The molecule has 0 unspecified atom stereocenters. The third-order valence-corrected chi connectivity index (χ3v) is 3.24. The second kappa shape index (κ2) is 8.12. The number of carbonyl (C=O) groups excluding carboxylic acids is 2. The Morgan fingerprint density at radius 2 is 1.53 bits per heavy atom. The minimum Gasteiger partial charge on any atom is -0.396 e. The summed E-state index contributed by atoms with van der Waals surface area (Å²) in [7, 11) is 3.75. The quantitative estimate of drug-likeness (QED) is 0.654. The first-order valence-corrected chi connectivity index (χ1v) is 6.85. The standard InChI is InChI=1S/C13H25N3O3/c1-14(2)11-13(19)16-8-6-15(7-9-16)12(18)5-3-4-10-17/h17H,3-11H2,1-2H3. The van der Waals surface area contributed by atoms with Gasteiger partial charge in [0.1, 0.15) is 0 Å². The fourth-order valence-corrected chi connectivity index (χ4v) is 2.12. The SMILES string of the molecule is CN(C)CC(=O)N1CCN(C(=O)CCCCO)CC1. The Morgan fingerprint density at radius 3 is 2.00 bits per heavy atom. The highest BCUT2D eigenvalue weighted by molar-refractivity contribution is 5.79. The largest absolute Gasteiger partial charge is 0.396 e. The number of carbonyl (C=O) groups is 2. The van der Waals surface area contributed by atoms with Crippen LogP contribution in [0.2, 0.25) is 0 Å². The molecular weight excluding hydrogens is 246 g/mol. The maximum absolute atomic E-state index is 11.9. The molecule has 1 heterocycles. The lowest BCUT2D eigenvalue weighted by Gasteiger charge is -2.35. The Hall–Kier alpha value is -1.14. The van der Waals surface area contributed by atoms with Crippen molar-refractivity contribution in [2.45, 2.75) is 19.3 Å². The molecule has 2 amide bonds. The highest BCUT2D eigenvalue weighted by atomic mass is 16.3. The van der Waals surface area contributed by atoms with Crippen molar-refractivity contribution in [1.82, 2.24) is 14.7 Å². The van der Waals surface area contributed by atoms with E-state index in [1.807, 2.05) is 28.8 Å². The van der Waals surface area contributed by atoms with Crippen molar-refractivity contribution in [2.75, 3.05) is 53.4 Å². The molecule has 1 saturated heterocycles. The van der Waals surface area contributed by atoms with Gasteiger partial charge in [-0.15, -0.1) is 0 Å². The fourth-order valence-electron chi connectivity index (χ4n) is 2.12. The molecule has 1 N–H and O–H groups in total. The van der Waals surface area contributed by atoms with E-state index >= 15 is 0 Å². The zero-order chi connectivity index (χ0) is 14.3. The van der Waals surface area contributed by atoms with Gasteiger partial charge in [-0.2, -0.15) is 0 Å². The minimum absolute atomic E-state index is 0.123. The molecule has 6 nitrogen and oxygen atoms in total. The summed E-state index contributed by atoms with van der Waals surface area (Å²) >= 11 is 0. The van der Waals surface area contributed by atoms with Crippen molar-refractivity contribution in [1.29, 1.82) is 0 Å². The number of aliphatic hydroxyl groups excluding tert-OH is 1.